The predicted molar refractivity (Wildman–Crippen MR) is 92.0 cm³/mol. The van der Waals surface area contributed by atoms with Crippen LogP contribution in [-0.4, -0.2) is 48.3 Å². The largest absolute Gasteiger partial charge is 0.380 e. The van der Waals surface area contributed by atoms with E-state index in [1.165, 1.54) is 5.56 Å². The number of H-pyrrole nitrogens is 1. The molecule has 5 nitrogen and oxygen atoms in total. The lowest BCUT2D eigenvalue weighted by Gasteiger charge is -2.26. The van der Waals surface area contributed by atoms with Crippen LogP contribution < -0.4 is 5.32 Å². The first kappa shape index (κ1) is 16.1. The van der Waals surface area contributed by atoms with Gasteiger partial charge in [-0.05, 0) is 37.5 Å². The summed E-state index contributed by atoms with van der Waals surface area (Å²) in [5.41, 5.74) is 2.21. The number of aromatic nitrogens is 1. The van der Waals surface area contributed by atoms with Crippen molar-refractivity contribution in [1.82, 2.24) is 15.2 Å². The van der Waals surface area contributed by atoms with E-state index in [1.807, 2.05) is 29.3 Å². The van der Waals surface area contributed by atoms with Crippen LogP contribution in [0, 0.1) is 0 Å². The number of amides is 2. The maximum atomic E-state index is 12.3. The molecular weight excluding hydrogens is 314 g/mol. The van der Waals surface area contributed by atoms with E-state index in [4.69, 9.17) is 16.3 Å². The summed E-state index contributed by atoms with van der Waals surface area (Å²) < 4.78 is 5.43. The summed E-state index contributed by atoms with van der Waals surface area (Å²) in [4.78, 5) is 17.4. The van der Waals surface area contributed by atoms with Gasteiger partial charge in [0, 0.05) is 47.9 Å². The van der Waals surface area contributed by atoms with E-state index in [1.54, 1.807) is 0 Å². The maximum Gasteiger partial charge on any atom is 0.317 e. The van der Waals surface area contributed by atoms with E-state index in [9.17, 15) is 4.79 Å². The van der Waals surface area contributed by atoms with Crippen molar-refractivity contribution in [2.24, 2.45) is 0 Å². The number of ether oxygens (including phenoxy) is 1. The zero-order valence-electron chi connectivity index (χ0n) is 13.3. The van der Waals surface area contributed by atoms with Gasteiger partial charge in [-0.15, -0.1) is 0 Å². The number of fused-ring (bicyclic) bond motifs is 1. The number of nitrogens with zero attached hydrogens (tertiary/aromatic N) is 1. The highest BCUT2D eigenvalue weighted by atomic mass is 35.5. The maximum absolute atomic E-state index is 12.3. The quantitative estimate of drug-likeness (QED) is 0.905. The Morgan fingerprint density at radius 2 is 2.35 bits per heavy atom. The number of hydrogen-bond acceptors (Lipinski definition) is 2. The molecule has 0 saturated carbocycles. The van der Waals surface area contributed by atoms with Gasteiger partial charge in [0.15, 0.2) is 0 Å². The number of aromatic amines is 1. The summed E-state index contributed by atoms with van der Waals surface area (Å²) >= 11 is 5.99. The van der Waals surface area contributed by atoms with Crippen molar-refractivity contribution in [3.8, 4) is 0 Å². The highest BCUT2D eigenvalue weighted by Gasteiger charge is 2.21. The minimum Gasteiger partial charge on any atom is -0.380 e. The number of carbonyl (C=O) groups is 1. The molecule has 2 N–H and O–H groups in total. The van der Waals surface area contributed by atoms with Gasteiger partial charge in [-0.3, -0.25) is 0 Å². The van der Waals surface area contributed by atoms with Gasteiger partial charge in [-0.1, -0.05) is 17.7 Å². The summed E-state index contributed by atoms with van der Waals surface area (Å²) in [6.45, 7) is 4.67. The first-order valence-electron chi connectivity index (χ1n) is 8.03. The SMILES string of the molecule is CC1CCOCCN1C(=O)NCCc1c[nH]c2cc(Cl)ccc12. The Balaban J connectivity index is 1.56. The molecule has 0 spiro atoms. The standard InChI is InChI=1S/C17H22ClN3O2/c1-12-5-8-23-9-7-21(12)17(22)19-6-4-13-11-20-16-10-14(18)2-3-15(13)16/h2-3,10-12,20H,4-9H2,1H3,(H,19,22). The van der Waals surface area contributed by atoms with Gasteiger partial charge in [0.1, 0.15) is 0 Å². The van der Waals surface area contributed by atoms with Crippen molar-refractivity contribution in [1.29, 1.82) is 0 Å². The van der Waals surface area contributed by atoms with Gasteiger partial charge in [0.25, 0.3) is 0 Å². The third-order valence-corrected chi connectivity index (χ3v) is 4.58. The van der Waals surface area contributed by atoms with Crippen LogP contribution in [0.4, 0.5) is 4.79 Å². The normalized spacial score (nSPS) is 18.9. The van der Waals surface area contributed by atoms with Crippen molar-refractivity contribution in [2.45, 2.75) is 25.8 Å². The average Bonchev–Trinajstić information content (AvgIpc) is 2.79. The summed E-state index contributed by atoms with van der Waals surface area (Å²) in [5.74, 6) is 0. The highest BCUT2D eigenvalue weighted by Crippen LogP contribution is 2.22. The van der Waals surface area contributed by atoms with Crippen LogP contribution in [0.1, 0.15) is 18.9 Å². The molecule has 1 saturated heterocycles. The first-order chi connectivity index (χ1) is 11.1. The summed E-state index contributed by atoms with van der Waals surface area (Å²) in [7, 11) is 0. The fraction of sp³-hybridized carbons (Fsp3) is 0.471. The summed E-state index contributed by atoms with van der Waals surface area (Å²) in [6.07, 6.45) is 3.65. The van der Waals surface area contributed by atoms with E-state index in [-0.39, 0.29) is 12.1 Å². The lowest BCUT2D eigenvalue weighted by atomic mass is 10.1. The molecule has 1 atom stereocenters. The second-order valence-electron chi connectivity index (χ2n) is 5.93. The molecule has 2 amide bonds. The lowest BCUT2D eigenvalue weighted by Crippen LogP contribution is -2.46. The van der Waals surface area contributed by atoms with E-state index in [2.05, 4.69) is 17.2 Å². The van der Waals surface area contributed by atoms with Crippen LogP contribution in [0.15, 0.2) is 24.4 Å². The molecule has 23 heavy (non-hydrogen) atoms. The van der Waals surface area contributed by atoms with Crippen LogP contribution in [-0.2, 0) is 11.2 Å². The Hall–Kier alpha value is -1.72. The Kier molecular flexibility index (Phi) is 5.08. The van der Waals surface area contributed by atoms with E-state index >= 15 is 0 Å². The van der Waals surface area contributed by atoms with Gasteiger partial charge in [-0.25, -0.2) is 4.79 Å². The number of rotatable bonds is 3. The van der Waals surface area contributed by atoms with E-state index in [0.29, 0.717) is 19.7 Å². The summed E-state index contributed by atoms with van der Waals surface area (Å²) in [6, 6.07) is 6.02. The molecule has 124 valence electrons. The third kappa shape index (κ3) is 3.79. The highest BCUT2D eigenvalue weighted by molar-refractivity contribution is 6.31. The molecule has 1 fully saturated rings. The third-order valence-electron chi connectivity index (χ3n) is 4.35. The van der Waals surface area contributed by atoms with Crippen molar-refractivity contribution in [3.05, 3.63) is 35.0 Å². The second kappa shape index (κ2) is 7.23. The van der Waals surface area contributed by atoms with Crippen LogP contribution in [0.2, 0.25) is 5.02 Å². The van der Waals surface area contributed by atoms with Gasteiger partial charge >= 0.3 is 6.03 Å². The molecule has 2 heterocycles. The zero-order valence-corrected chi connectivity index (χ0v) is 14.0. The lowest BCUT2D eigenvalue weighted by molar-refractivity contribution is 0.142. The fourth-order valence-electron chi connectivity index (χ4n) is 2.97. The van der Waals surface area contributed by atoms with Crippen LogP contribution >= 0.6 is 11.6 Å². The molecule has 0 radical (unpaired) electrons. The molecule has 2 aromatic rings. The van der Waals surface area contributed by atoms with Gasteiger partial charge in [0.05, 0.1) is 6.61 Å². The number of benzene rings is 1. The first-order valence-corrected chi connectivity index (χ1v) is 8.40. The Morgan fingerprint density at radius 3 is 3.22 bits per heavy atom. The van der Waals surface area contributed by atoms with Gasteiger partial charge in [-0.2, -0.15) is 0 Å². The van der Waals surface area contributed by atoms with Gasteiger partial charge < -0.3 is 19.9 Å². The average molecular weight is 336 g/mol. The smallest absolute Gasteiger partial charge is 0.317 e. The number of halogens is 1. The molecular formula is C17H22ClN3O2. The van der Waals surface area contributed by atoms with E-state index in [0.717, 1.165) is 35.4 Å². The van der Waals surface area contributed by atoms with Crippen molar-refractivity contribution in [3.63, 3.8) is 0 Å². The monoisotopic (exact) mass is 335 g/mol. The van der Waals surface area contributed by atoms with Crippen molar-refractivity contribution >= 4 is 28.5 Å². The predicted octanol–water partition coefficient (Wildman–Crippen LogP) is 3.18. The number of carbonyl (C=O) groups excluding carboxylic acids is 1. The molecule has 0 aliphatic carbocycles. The molecule has 1 aromatic heterocycles. The fourth-order valence-corrected chi connectivity index (χ4v) is 3.14. The molecule has 1 aliphatic heterocycles. The number of hydrogen-bond donors (Lipinski definition) is 2. The molecule has 3 rings (SSSR count). The molecule has 1 unspecified atom stereocenters. The second-order valence-corrected chi connectivity index (χ2v) is 6.37. The van der Waals surface area contributed by atoms with Crippen molar-refractivity contribution < 1.29 is 9.53 Å². The Morgan fingerprint density at radius 1 is 1.48 bits per heavy atom. The number of urea groups is 1. The molecule has 0 bridgehead atoms. The zero-order chi connectivity index (χ0) is 16.2. The molecule has 1 aliphatic rings. The minimum absolute atomic E-state index is 0.00844. The molecule has 1 aromatic carbocycles. The van der Waals surface area contributed by atoms with E-state index < -0.39 is 0 Å². The van der Waals surface area contributed by atoms with Crippen LogP contribution in [0.3, 0.4) is 0 Å². The Bertz CT molecular complexity index is 686. The molecule has 6 heteroatoms. The van der Waals surface area contributed by atoms with Crippen LogP contribution in [0.25, 0.3) is 10.9 Å². The topological polar surface area (TPSA) is 57.4 Å². The minimum atomic E-state index is -0.00844. The van der Waals surface area contributed by atoms with Gasteiger partial charge in [0.2, 0.25) is 0 Å². The van der Waals surface area contributed by atoms with Crippen molar-refractivity contribution in [2.75, 3.05) is 26.3 Å². The summed E-state index contributed by atoms with van der Waals surface area (Å²) in [5, 5.41) is 4.89. The Labute approximate surface area is 140 Å². The van der Waals surface area contributed by atoms with Crippen LogP contribution in [0.5, 0.6) is 0 Å². The number of nitrogens with one attached hydrogen (secondary N) is 2.